The SMILES string of the molecule is CCOCCn1c(=NC(=O)c2cc(Cl)ccc2Cl)sc2cc(Br)ccc21. The first-order chi connectivity index (χ1) is 12.5. The predicted molar refractivity (Wildman–Crippen MR) is 110 cm³/mol. The van der Waals surface area contributed by atoms with E-state index in [1.807, 2.05) is 29.7 Å². The third-order valence-corrected chi connectivity index (χ3v) is 5.76. The number of amides is 1. The highest BCUT2D eigenvalue weighted by Gasteiger charge is 2.13. The molecule has 0 atom stereocenters. The van der Waals surface area contributed by atoms with Crippen LogP contribution in [0.2, 0.25) is 10.0 Å². The van der Waals surface area contributed by atoms with E-state index in [0.717, 1.165) is 14.7 Å². The summed E-state index contributed by atoms with van der Waals surface area (Å²) in [7, 11) is 0. The molecule has 3 aromatic rings. The van der Waals surface area contributed by atoms with Crippen LogP contribution in [-0.4, -0.2) is 23.7 Å². The lowest BCUT2D eigenvalue weighted by Crippen LogP contribution is -2.19. The average molecular weight is 474 g/mol. The van der Waals surface area contributed by atoms with Gasteiger partial charge < -0.3 is 9.30 Å². The van der Waals surface area contributed by atoms with Gasteiger partial charge in [0.2, 0.25) is 0 Å². The van der Waals surface area contributed by atoms with E-state index in [9.17, 15) is 4.79 Å². The van der Waals surface area contributed by atoms with Crippen LogP contribution in [0.15, 0.2) is 45.9 Å². The van der Waals surface area contributed by atoms with Crippen LogP contribution < -0.4 is 4.80 Å². The summed E-state index contributed by atoms with van der Waals surface area (Å²) in [6.07, 6.45) is 0. The van der Waals surface area contributed by atoms with E-state index in [2.05, 4.69) is 20.9 Å². The molecule has 0 bridgehead atoms. The summed E-state index contributed by atoms with van der Waals surface area (Å²) in [5, 5.41) is 0.769. The minimum atomic E-state index is -0.423. The minimum Gasteiger partial charge on any atom is -0.380 e. The van der Waals surface area contributed by atoms with Gasteiger partial charge in [0.25, 0.3) is 5.91 Å². The summed E-state index contributed by atoms with van der Waals surface area (Å²) in [6, 6.07) is 10.7. The Morgan fingerprint density at radius 3 is 2.85 bits per heavy atom. The smallest absolute Gasteiger partial charge is 0.281 e. The van der Waals surface area contributed by atoms with E-state index in [-0.39, 0.29) is 5.56 Å². The fourth-order valence-corrected chi connectivity index (χ4v) is 4.43. The Kier molecular flexibility index (Phi) is 6.53. The highest BCUT2D eigenvalue weighted by atomic mass is 79.9. The molecule has 136 valence electrons. The van der Waals surface area contributed by atoms with Gasteiger partial charge in [0.05, 0.1) is 27.4 Å². The topological polar surface area (TPSA) is 43.6 Å². The Morgan fingerprint density at radius 2 is 2.08 bits per heavy atom. The van der Waals surface area contributed by atoms with E-state index in [1.54, 1.807) is 12.1 Å². The number of aromatic nitrogens is 1. The molecule has 1 heterocycles. The Bertz CT molecular complexity index is 1030. The van der Waals surface area contributed by atoms with Crippen molar-refractivity contribution in [1.82, 2.24) is 4.57 Å². The molecule has 1 aromatic heterocycles. The lowest BCUT2D eigenvalue weighted by Gasteiger charge is -2.05. The second-order valence-corrected chi connectivity index (χ2v) is 8.15. The van der Waals surface area contributed by atoms with Gasteiger partial charge in [-0.3, -0.25) is 4.79 Å². The van der Waals surface area contributed by atoms with Crippen molar-refractivity contribution in [2.45, 2.75) is 13.5 Å². The molecule has 3 rings (SSSR count). The average Bonchev–Trinajstić information content (AvgIpc) is 2.93. The van der Waals surface area contributed by atoms with Gasteiger partial charge >= 0.3 is 0 Å². The van der Waals surface area contributed by atoms with Crippen LogP contribution in [-0.2, 0) is 11.3 Å². The monoisotopic (exact) mass is 472 g/mol. The summed E-state index contributed by atoms with van der Waals surface area (Å²) >= 11 is 17.0. The van der Waals surface area contributed by atoms with Crippen molar-refractivity contribution in [3.8, 4) is 0 Å². The van der Waals surface area contributed by atoms with E-state index < -0.39 is 5.91 Å². The third-order valence-electron chi connectivity index (χ3n) is 3.66. The number of hydrogen-bond acceptors (Lipinski definition) is 3. The first-order valence-electron chi connectivity index (χ1n) is 7.90. The van der Waals surface area contributed by atoms with E-state index in [0.29, 0.717) is 34.6 Å². The molecule has 0 saturated carbocycles. The highest BCUT2D eigenvalue weighted by molar-refractivity contribution is 9.10. The van der Waals surface area contributed by atoms with Crippen molar-refractivity contribution >= 4 is 66.6 Å². The molecule has 0 spiro atoms. The van der Waals surface area contributed by atoms with Gasteiger partial charge in [0, 0.05) is 22.6 Å². The number of fused-ring (bicyclic) bond motifs is 1. The Morgan fingerprint density at radius 1 is 1.27 bits per heavy atom. The summed E-state index contributed by atoms with van der Waals surface area (Å²) < 4.78 is 9.45. The number of hydrogen-bond donors (Lipinski definition) is 0. The number of carbonyl (C=O) groups is 1. The van der Waals surface area contributed by atoms with Crippen LogP contribution in [0.3, 0.4) is 0 Å². The molecule has 8 heteroatoms. The lowest BCUT2D eigenvalue weighted by atomic mass is 10.2. The largest absolute Gasteiger partial charge is 0.380 e. The molecule has 26 heavy (non-hydrogen) atoms. The molecule has 2 aromatic carbocycles. The maximum absolute atomic E-state index is 12.7. The van der Waals surface area contributed by atoms with Gasteiger partial charge in [0.15, 0.2) is 4.80 Å². The standard InChI is InChI=1S/C18H15BrCl2N2O2S/c1-2-25-8-7-23-15-6-3-11(19)9-16(15)26-18(23)22-17(24)13-10-12(20)4-5-14(13)21/h3-6,9-10H,2,7-8H2,1H3. The van der Waals surface area contributed by atoms with Gasteiger partial charge in [-0.15, -0.1) is 0 Å². The summed E-state index contributed by atoms with van der Waals surface area (Å²) in [5.74, 6) is -0.423. The molecule has 1 amide bonds. The maximum Gasteiger partial charge on any atom is 0.281 e. The van der Waals surface area contributed by atoms with Gasteiger partial charge in [0.1, 0.15) is 0 Å². The van der Waals surface area contributed by atoms with Crippen molar-refractivity contribution in [2.24, 2.45) is 4.99 Å². The van der Waals surface area contributed by atoms with Crippen LogP contribution in [0.1, 0.15) is 17.3 Å². The molecule has 0 aliphatic heterocycles. The zero-order valence-electron chi connectivity index (χ0n) is 13.8. The molecule has 0 unspecified atom stereocenters. The molecule has 4 nitrogen and oxygen atoms in total. The second-order valence-electron chi connectivity index (χ2n) is 5.39. The van der Waals surface area contributed by atoms with Crippen LogP contribution in [0.5, 0.6) is 0 Å². The first-order valence-corrected chi connectivity index (χ1v) is 10.3. The Balaban J connectivity index is 2.09. The number of carbonyl (C=O) groups excluding carboxylic acids is 1. The molecule has 0 fully saturated rings. The lowest BCUT2D eigenvalue weighted by molar-refractivity contribution is 0.0997. The molecular formula is C18H15BrCl2N2O2S. The number of thiazole rings is 1. The Labute approximate surface area is 173 Å². The van der Waals surface area contributed by atoms with Gasteiger partial charge in [-0.1, -0.05) is 50.5 Å². The number of nitrogens with zero attached hydrogens (tertiary/aromatic N) is 2. The van der Waals surface area contributed by atoms with Crippen LogP contribution in [0.25, 0.3) is 10.2 Å². The third kappa shape index (κ3) is 4.38. The number of benzene rings is 2. The summed E-state index contributed by atoms with van der Waals surface area (Å²) in [4.78, 5) is 17.6. The van der Waals surface area contributed by atoms with Crippen molar-refractivity contribution in [3.05, 3.63) is 61.3 Å². The normalized spacial score (nSPS) is 12.1. The molecule has 0 aliphatic rings. The minimum absolute atomic E-state index is 0.286. The van der Waals surface area contributed by atoms with Crippen LogP contribution in [0, 0.1) is 0 Å². The fraction of sp³-hybridized carbons (Fsp3) is 0.222. The quantitative estimate of drug-likeness (QED) is 0.456. The maximum atomic E-state index is 12.7. The van der Waals surface area contributed by atoms with Crippen molar-refractivity contribution in [1.29, 1.82) is 0 Å². The Hall–Kier alpha value is -1.18. The highest BCUT2D eigenvalue weighted by Crippen LogP contribution is 2.24. The van der Waals surface area contributed by atoms with E-state index >= 15 is 0 Å². The molecular weight excluding hydrogens is 459 g/mol. The number of halogens is 3. The number of ether oxygens (including phenoxy) is 1. The molecule has 0 radical (unpaired) electrons. The second kappa shape index (κ2) is 8.67. The van der Waals surface area contributed by atoms with E-state index in [1.165, 1.54) is 17.4 Å². The van der Waals surface area contributed by atoms with Crippen LogP contribution in [0.4, 0.5) is 0 Å². The van der Waals surface area contributed by atoms with Crippen molar-refractivity contribution < 1.29 is 9.53 Å². The zero-order valence-corrected chi connectivity index (χ0v) is 17.8. The van der Waals surface area contributed by atoms with Gasteiger partial charge in [-0.25, -0.2) is 0 Å². The van der Waals surface area contributed by atoms with E-state index in [4.69, 9.17) is 27.9 Å². The van der Waals surface area contributed by atoms with Gasteiger partial charge in [-0.05, 0) is 43.3 Å². The van der Waals surface area contributed by atoms with Gasteiger partial charge in [-0.2, -0.15) is 4.99 Å². The molecule has 0 saturated heterocycles. The van der Waals surface area contributed by atoms with Crippen molar-refractivity contribution in [3.63, 3.8) is 0 Å². The summed E-state index contributed by atoms with van der Waals surface area (Å²) in [5.41, 5.74) is 1.29. The van der Waals surface area contributed by atoms with Crippen molar-refractivity contribution in [2.75, 3.05) is 13.2 Å². The predicted octanol–water partition coefficient (Wildman–Crippen LogP) is 5.55. The fourth-order valence-electron chi connectivity index (χ4n) is 2.46. The first kappa shape index (κ1) is 19.6. The zero-order chi connectivity index (χ0) is 18.7. The number of rotatable bonds is 5. The molecule has 0 N–H and O–H groups in total. The molecule has 0 aliphatic carbocycles. The van der Waals surface area contributed by atoms with Crippen LogP contribution >= 0.6 is 50.5 Å². The summed E-state index contributed by atoms with van der Waals surface area (Å²) in [6.45, 7) is 3.73.